The van der Waals surface area contributed by atoms with Gasteiger partial charge < -0.3 is 20.7 Å². The number of para-hydroxylation sites is 1. The Morgan fingerprint density at radius 1 is 1.15 bits per heavy atom. The molecule has 3 N–H and O–H groups in total. The molecule has 2 aromatic carbocycles. The van der Waals surface area contributed by atoms with Crippen molar-refractivity contribution in [1.82, 2.24) is 10.6 Å². The van der Waals surface area contributed by atoms with Gasteiger partial charge in [0.05, 0.1) is 18.4 Å². The minimum atomic E-state index is -0.0731. The lowest BCUT2D eigenvalue weighted by Gasteiger charge is -2.16. The summed E-state index contributed by atoms with van der Waals surface area (Å²) in [5.41, 5.74) is 3.59. The van der Waals surface area contributed by atoms with Gasteiger partial charge in [-0.25, -0.2) is 0 Å². The maximum absolute atomic E-state index is 12.6. The molecule has 2 aromatic rings. The molecular formula is C20H24ClN3O2. The minimum absolute atomic E-state index is 0. The van der Waals surface area contributed by atoms with Crippen molar-refractivity contribution < 1.29 is 9.53 Å². The molecule has 0 unspecified atom stereocenters. The maximum Gasteiger partial charge on any atom is 0.253 e. The summed E-state index contributed by atoms with van der Waals surface area (Å²) >= 11 is 0. The van der Waals surface area contributed by atoms with Gasteiger partial charge in [0.25, 0.3) is 5.91 Å². The summed E-state index contributed by atoms with van der Waals surface area (Å²) in [6.45, 7) is 2.44. The Kier molecular flexibility index (Phi) is 7.51. The number of amides is 1. The highest BCUT2D eigenvalue weighted by atomic mass is 35.5. The molecule has 0 atom stereocenters. The quantitative estimate of drug-likeness (QED) is 0.678. The number of carbonyl (C=O) groups is 1. The molecule has 1 amide bonds. The van der Waals surface area contributed by atoms with Crippen LogP contribution in [0.1, 0.15) is 16.8 Å². The zero-order valence-electron chi connectivity index (χ0n) is 14.7. The molecule has 1 aliphatic heterocycles. The number of halogens is 1. The van der Waals surface area contributed by atoms with Crippen molar-refractivity contribution in [2.24, 2.45) is 0 Å². The lowest BCUT2D eigenvalue weighted by atomic mass is 10.1. The fraction of sp³-hybridized carbons (Fsp3) is 0.250. The van der Waals surface area contributed by atoms with Crippen molar-refractivity contribution >= 4 is 29.7 Å². The normalized spacial score (nSPS) is 13.2. The number of carbonyl (C=O) groups excluding carboxylic acids is 1. The molecule has 138 valence electrons. The summed E-state index contributed by atoms with van der Waals surface area (Å²) in [7, 11) is 1.64. The van der Waals surface area contributed by atoms with E-state index in [1.807, 2.05) is 48.5 Å². The molecule has 0 bridgehead atoms. The van der Waals surface area contributed by atoms with E-state index in [9.17, 15) is 4.79 Å². The van der Waals surface area contributed by atoms with Crippen LogP contribution in [0, 0.1) is 0 Å². The Morgan fingerprint density at radius 3 is 2.62 bits per heavy atom. The standard InChI is InChI=1S/C20H23N3O2.ClH/c1-25-17-8-6-16(7-9-17)23-19-5-3-2-4-18(19)20(24)22-14-15-10-12-21-13-11-15;/h2-10,21,23H,11-14H2,1H3,(H,22,24);1H. The molecule has 3 rings (SSSR count). The zero-order chi connectivity index (χ0) is 17.5. The third-order valence-corrected chi connectivity index (χ3v) is 4.17. The van der Waals surface area contributed by atoms with Crippen molar-refractivity contribution in [3.63, 3.8) is 0 Å². The number of methoxy groups -OCH3 is 1. The predicted molar refractivity (Wildman–Crippen MR) is 108 cm³/mol. The smallest absolute Gasteiger partial charge is 0.253 e. The van der Waals surface area contributed by atoms with Crippen LogP contribution in [0.5, 0.6) is 5.75 Å². The van der Waals surface area contributed by atoms with E-state index in [0.29, 0.717) is 12.1 Å². The number of benzene rings is 2. The first-order valence-corrected chi connectivity index (χ1v) is 8.43. The van der Waals surface area contributed by atoms with Gasteiger partial charge in [0, 0.05) is 18.8 Å². The monoisotopic (exact) mass is 373 g/mol. The fourth-order valence-electron chi connectivity index (χ4n) is 2.74. The first kappa shape index (κ1) is 19.8. The van der Waals surface area contributed by atoms with Gasteiger partial charge in [-0.15, -0.1) is 12.4 Å². The summed E-state index contributed by atoms with van der Waals surface area (Å²) in [5.74, 6) is 0.725. The number of hydrogen-bond acceptors (Lipinski definition) is 4. The van der Waals surface area contributed by atoms with Crippen molar-refractivity contribution in [2.45, 2.75) is 6.42 Å². The summed E-state index contributed by atoms with van der Waals surface area (Å²) in [4.78, 5) is 12.6. The van der Waals surface area contributed by atoms with Crippen LogP contribution in [-0.2, 0) is 0 Å². The average Bonchev–Trinajstić information content (AvgIpc) is 2.68. The molecule has 6 heteroatoms. The van der Waals surface area contributed by atoms with Crippen molar-refractivity contribution in [3.05, 3.63) is 65.7 Å². The SMILES string of the molecule is COc1ccc(Nc2ccccc2C(=O)NCC2=CCNCC2)cc1.Cl. The first-order valence-electron chi connectivity index (χ1n) is 8.43. The Labute approximate surface area is 160 Å². The number of nitrogens with one attached hydrogen (secondary N) is 3. The lowest BCUT2D eigenvalue weighted by molar-refractivity contribution is 0.0957. The molecule has 5 nitrogen and oxygen atoms in total. The highest BCUT2D eigenvalue weighted by molar-refractivity contribution is 6.00. The fourth-order valence-corrected chi connectivity index (χ4v) is 2.74. The Hall–Kier alpha value is -2.50. The van der Waals surface area contributed by atoms with E-state index in [4.69, 9.17) is 4.74 Å². The second-order valence-electron chi connectivity index (χ2n) is 5.90. The van der Waals surface area contributed by atoms with Gasteiger partial charge in [-0.2, -0.15) is 0 Å². The third kappa shape index (κ3) is 5.25. The van der Waals surface area contributed by atoms with Gasteiger partial charge >= 0.3 is 0 Å². The molecule has 0 radical (unpaired) electrons. The predicted octanol–water partition coefficient (Wildman–Crippen LogP) is 3.51. The van der Waals surface area contributed by atoms with Crippen molar-refractivity contribution in [1.29, 1.82) is 0 Å². The Balaban J connectivity index is 0.00000243. The summed E-state index contributed by atoms with van der Waals surface area (Å²) < 4.78 is 5.17. The van der Waals surface area contributed by atoms with E-state index < -0.39 is 0 Å². The Bertz CT molecular complexity index is 760. The van der Waals surface area contributed by atoms with Crippen LogP contribution in [0.15, 0.2) is 60.2 Å². The maximum atomic E-state index is 12.6. The van der Waals surface area contributed by atoms with E-state index in [1.165, 1.54) is 5.57 Å². The first-order chi connectivity index (χ1) is 12.3. The van der Waals surface area contributed by atoms with Crippen molar-refractivity contribution in [3.8, 4) is 5.75 Å². The molecule has 1 heterocycles. The number of hydrogen-bond donors (Lipinski definition) is 3. The molecular weight excluding hydrogens is 350 g/mol. The van der Waals surface area contributed by atoms with E-state index in [-0.39, 0.29) is 18.3 Å². The second-order valence-corrected chi connectivity index (χ2v) is 5.90. The van der Waals surface area contributed by atoms with Crippen LogP contribution in [-0.4, -0.2) is 32.7 Å². The molecule has 0 aromatic heterocycles. The molecule has 1 aliphatic rings. The second kappa shape index (κ2) is 9.85. The highest BCUT2D eigenvalue weighted by Gasteiger charge is 2.12. The molecule has 0 saturated carbocycles. The third-order valence-electron chi connectivity index (χ3n) is 4.17. The molecule has 26 heavy (non-hydrogen) atoms. The highest BCUT2D eigenvalue weighted by Crippen LogP contribution is 2.23. The van der Waals surface area contributed by atoms with Crippen LogP contribution in [0.2, 0.25) is 0 Å². The number of anilines is 2. The van der Waals surface area contributed by atoms with Crippen LogP contribution < -0.4 is 20.7 Å². The average molecular weight is 374 g/mol. The molecule has 0 fully saturated rings. The van der Waals surface area contributed by atoms with Crippen molar-refractivity contribution in [2.75, 3.05) is 32.1 Å². The van der Waals surface area contributed by atoms with Gasteiger partial charge in [0.1, 0.15) is 5.75 Å². The molecule has 0 spiro atoms. The van der Waals surface area contributed by atoms with Crippen LogP contribution in [0.4, 0.5) is 11.4 Å². The summed E-state index contributed by atoms with van der Waals surface area (Å²) in [5, 5.41) is 9.59. The van der Waals surface area contributed by atoms with Gasteiger partial charge in [-0.1, -0.05) is 23.8 Å². The van der Waals surface area contributed by atoms with Gasteiger partial charge in [-0.05, 0) is 49.4 Å². The van der Waals surface area contributed by atoms with E-state index >= 15 is 0 Å². The summed E-state index contributed by atoms with van der Waals surface area (Å²) in [6.07, 6.45) is 3.12. The Morgan fingerprint density at radius 2 is 1.92 bits per heavy atom. The van der Waals surface area contributed by atoms with E-state index in [1.54, 1.807) is 7.11 Å². The van der Waals surface area contributed by atoms with Gasteiger partial charge in [0.15, 0.2) is 0 Å². The number of ether oxygens (including phenoxy) is 1. The number of rotatable bonds is 6. The van der Waals surface area contributed by atoms with Gasteiger partial charge in [0.2, 0.25) is 0 Å². The van der Waals surface area contributed by atoms with Crippen LogP contribution >= 0.6 is 12.4 Å². The van der Waals surface area contributed by atoms with Crippen LogP contribution in [0.25, 0.3) is 0 Å². The summed E-state index contributed by atoms with van der Waals surface area (Å²) in [6, 6.07) is 15.1. The zero-order valence-corrected chi connectivity index (χ0v) is 15.6. The van der Waals surface area contributed by atoms with Crippen LogP contribution in [0.3, 0.4) is 0 Å². The molecule has 0 saturated heterocycles. The largest absolute Gasteiger partial charge is 0.497 e. The minimum Gasteiger partial charge on any atom is -0.497 e. The van der Waals surface area contributed by atoms with Gasteiger partial charge in [-0.3, -0.25) is 4.79 Å². The topological polar surface area (TPSA) is 62.4 Å². The molecule has 0 aliphatic carbocycles. The lowest BCUT2D eigenvalue weighted by Crippen LogP contribution is -2.30. The van der Waals surface area contributed by atoms with E-state index in [2.05, 4.69) is 22.0 Å². The van der Waals surface area contributed by atoms with E-state index in [0.717, 1.165) is 36.6 Å².